The van der Waals surface area contributed by atoms with Gasteiger partial charge in [0.2, 0.25) is 6.29 Å². The number of carbonyl (C=O) groups excluding carboxylic acids is 2. The molecule has 0 aromatic carbocycles. The Morgan fingerprint density at radius 1 is 0.873 bits per heavy atom. The van der Waals surface area contributed by atoms with Crippen LogP contribution < -0.4 is 22.2 Å². The van der Waals surface area contributed by atoms with Crippen molar-refractivity contribution in [3.8, 4) is 0 Å². The lowest BCUT2D eigenvalue weighted by molar-refractivity contribution is -0.156. The zero-order chi connectivity index (χ0) is 41.6. The van der Waals surface area contributed by atoms with Gasteiger partial charge in [0.05, 0.1) is 37.0 Å². The Bertz CT molecular complexity index is 2010. The lowest BCUT2D eigenvalue weighted by Gasteiger charge is -2.31. The average Bonchev–Trinajstić information content (AvgIpc) is 3.15. The monoisotopic (exact) mass is 777 g/mol. The highest BCUT2D eigenvalue weighted by Crippen LogP contribution is 2.30. The number of aliphatic hydroxyl groups excluding tert-OH is 2. The summed E-state index contributed by atoms with van der Waals surface area (Å²) in [6, 6.07) is 7.34. The number of nitrogens with zero attached hydrogens (tertiary/aromatic N) is 6. The van der Waals surface area contributed by atoms with E-state index in [2.05, 4.69) is 25.3 Å². The van der Waals surface area contributed by atoms with Crippen molar-refractivity contribution < 1.29 is 39.1 Å². The van der Waals surface area contributed by atoms with Gasteiger partial charge >= 0.3 is 12.3 Å². The highest BCUT2D eigenvalue weighted by Gasteiger charge is 2.28. The lowest BCUT2D eigenvalue weighted by atomic mass is 9.91. The number of alkyl carbamates (subject to hydrolysis) is 1. The third-order valence-electron chi connectivity index (χ3n) is 8.73. The molecule has 55 heavy (non-hydrogen) atoms. The number of aldehydes is 1. The Hall–Kier alpha value is -4.81. The molecule has 1 amide bonds. The molecule has 2 saturated carbocycles. The Kier molecular flexibility index (Phi) is 15.8. The maximum absolute atomic E-state index is 12.5. The van der Waals surface area contributed by atoms with Crippen LogP contribution in [0.2, 0.25) is 0 Å². The van der Waals surface area contributed by atoms with E-state index in [4.69, 9.17) is 16.6 Å². The van der Waals surface area contributed by atoms with Gasteiger partial charge in [0.15, 0.2) is 11.3 Å². The Labute approximate surface area is 317 Å². The number of aromatic nitrogens is 6. The number of hydrogen-bond donors (Lipinski definition) is 4. The van der Waals surface area contributed by atoms with Crippen molar-refractivity contribution in [1.82, 2.24) is 34.4 Å². The zero-order valence-corrected chi connectivity index (χ0v) is 31.5. The summed E-state index contributed by atoms with van der Waals surface area (Å²) in [4.78, 5) is 62.3. The van der Waals surface area contributed by atoms with Crippen molar-refractivity contribution >= 4 is 34.7 Å². The van der Waals surface area contributed by atoms with Crippen molar-refractivity contribution in [1.29, 1.82) is 0 Å². The van der Waals surface area contributed by atoms with E-state index in [0.717, 1.165) is 51.4 Å². The molecule has 0 saturated heterocycles. The SMILES string of the molecule is CC(C)(C)OC(=O)NC1CCC(n2c(=O)cnc3ccc(CO)nc32)CC1.NC1CCC(n2c(=O)cnc3ccc(CO)nc32)CC1.O=CC(F)(F)F.[2H]CC. The summed E-state index contributed by atoms with van der Waals surface area (Å²) < 4.78 is 46.2. The Morgan fingerprint density at radius 2 is 1.27 bits per heavy atom. The van der Waals surface area contributed by atoms with Crippen LogP contribution in [0.4, 0.5) is 18.0 Å². The van der Waals surface area contributed by atoms with Crippen LogP contribution in [0.15, 0.2) is 46.2 Å². The van der Waals surface area contributed by atoms with Crippen molar-refractivity contribution in [2.45, 2.75) is 135 Å². The summed E-state index contributed by atoms with van der Waals surface area (Å²) in [6.45, 7) is 7.45. The van der Waals surface area contributed by atoms with Gasteiger partial charge < -0.3 is 26.0 Å². The summed E-state index contributed by atoms with van der Waals surface area (Å²) in [5.74, 6) is 0. The van der Waals surface area contributed by atoms with Crippen LogP contribution in [0.1, 0.15) is 111 Å². The predicted molar refractivity (Wildman–Crippen MR) is 199 cm³/mol. The van der Waals surface area contributed by atoms with Crippen LogP contribution in [0.25, 0.3) is 22.3 Å². The van der Waals surface area contributed by atoms with Crippen molar-refractivity contribution in [2.24, 2.45) is 5.73 Å². The fourth-order valence-electron chi connectivity index (χ4n) is 6.29. The van der Waals surface area contributed by atoms with Crippen LogP contribution in [0, 0.1) is 0 Å². The highest BCUT2D eigenvalue weighted by molar-refractivity contribution is 5.71. The van der Waals surface area contributed by atoms with Crippen molar-refractivity contribution in [2.75, 3.05) is 0 Å². The van der Waals surface area contributed by atoms with Gasteiger partial charge in [-0.15, -0.1) is 0 Å². The minimum absolute atomic E-state index is 0.0128. The Morgan fingerprint density at radius 3 is 1.64 bits per heavy atom. The molecule has 2 aliphatic carbocycles. The van der Waals surface area contributed by atoms with Gasteiger partial charge in [0, 0.05) is 25.5 Å². The summed E-state index contributed by atoms with van der Waals surface area (Å²) in [5, 5.41) is 21.5. The minimum atomic E-state index is -4.64. The van der Waals surface area contributed by atoms with Gasteiger partial charge in [-0.25, -0.2) is 24.7 Å². The minimum Gasteiger partial charge on any atom is -0.444 e. The molecule has 5 N–H and O–H groups in total. The molecular formula is C37H51F3N8O7. The number of hydrogen-bond acceptors (Lipinski definition) is 12. The number of amides is 1. The first kappa shape index (κ1) is 42.9. The normalized spacial score (nSPS) is 20.0. The number of aliphatic hydroxyl groups is 2. The largest absolute Gasteiger partial charge is 0.446 e. The molecule has 2 fully saturated rings. The molecule has 0 radical (unpaired) electrons. The standard InChI is InChI=1S/C19H26N4O4.C14H18N4O2.C2HF3O.C2H6/c1-19(2,3)27-18(26)22-12-4-7-14(8-5-12)23-16(25)10-20-15-9-6-13(11-24)21-17(15)23;15-9-1-4-11(5-2-9)18-13(20)7-16-12-6-3-10(8-19)17-14(12)18;3-2(4,5)1-6;1-2/h6,9-10,12,14,24H,4-5,7-8,11H2,1-3H3,(H,22,26);3,6-7,9,11,19H,1-2,4-5,8,15H2;1H;1-2H3/i;;;1D. The van der Waals surface area contributed by atoms with Crippen LogP contribution in [0.5, 0.6) is 0 Å². The smallest absolute Gasteiger partial charge is 0.444 e. The van der Waals surface area contributed by atoms with Gasteiger partial charge in [-0.3, -0.25) is 23.5 Å². The second kappa shape index (κ2) is 20.2. The Balaban J connectivity index is 0.000000254. The zero-order valence-electron chi connectivity index (χ0n) is 32.5. The second-order valence-electron chi connectivity index (χ2n) is 13.9. The summed E-state index contributed by atoms with van der Waals surface area (Å²) in [6.07, 6.45) is 3.12. The number of nitrogens with one attached hydrogen (secondary N) is 1. The average molecular weight is 778 g/mol. The second-order valence-corrected chi connectivity index (χ2v) is 13.9. The summed E-state index contributed by atoms with van der Waals surface area (Å²) >= 11 is 0. The number of nitrogens with two attached hydrogens (primary N) is 1. The van der Waals surface area contributed by atoms with Gasteiger partial charge in [0.25, 0.3) is 11.1 Å². The molecule has 0 atom stereocenters. The molecule has 6 rings (SSSR count). The summed E-state index contributed by atoms with van der Waals surface area (Å²) in [5.41, 5.74) is 8.47. The van der Waals surface area contributed by atoms with Gasteiger partial charge in [-0.2, -0.15) is 13.2 Å². The van der Waals surface area contributed by atoms with E-state index >= 15 is 0 Å². The number of halogens is 3. The third kappa shape index (κ3) is 13.2. The number of fused-ring (bicyclic) bond motifs is 2. The van der Waals surface area contributed by atoms with Crippen molar-refractivity contribution in [3.63, 3.8) is 0 Å². The molecule has 4 heterocycles. The fourth-order valence-corrected chi connectivity index (χ4v) is 6.29. The van der Waals surface area contributed by atoms with E-state index in [9.17, 15) is 37.8 Å². The first-order chi connectivity index (χ1) is 26.4. The molecule has 15 nitrogen and oxygen atoms in total. The molecule has 0 bridgehead atoms. The third-order valence-corrected chi connectivity index (χ3v) is 8.73. The van der Waals surface area contributed by atoms with Gasteiger partial charge in [-0.1, -0.05) is 13.8 Å². The van der Waals surface area contributed by atoms with E-state index in [1.165, 1.54) is 12.4 Å². The maximum Gasteiger partial charge on any atom is 0.446 e. The van der Waals surface area contributed by atoms with Crippen molar-refractivity contribution in [3.05, 3.63) is 68.8 Å². The van der Waals surface area contributed by atoms with Crippen LogP contribution in [-0.2, 0) is 22.7 Å². The van der Waals surface area contributed by atoms with E-state index in [-0.39, 0.29) is 48.5 Å². The van der Waals surface area contributed by atoms with Crippen LogP contribution >= 0.6 is 0 Å². The molecule has 0 unspecified atom stereocenters. The van der Waals surface area contributed by atoms with Gasteiger partial charge in [0.1, 0.15) is 16.6 Å². The molecule has 18 heteroatoms. The first-order valence-corrected chi connectivity index (χ1v) is 18.0. The topological polar surface area (TPSA) is 217 Å². The fraction of sp³-hybridized carbons (Fsp3) is 0.568. The quantitative estimate of drug-likeness (QED) is 0.201. The molecule has 2 aliphatic rings. The van der Waals surface area contributed by atoms with E-state index < -0.39 is 24.2 Å². The van der Waals surface area contributed by atoms with E-state index in [0.29, 0.717) is 40.6 Å². The molecule has 0 spiro atoms. The molecule has 0 aliphatic heterocycles. The van der Waals surface area contributed by atoms with Crippen LogP contribution in [-0.4, -0.2) is 75.5 Å². The highest BCUT2D eigenvalue weighted by atomic mass is 19.4. The van der Waals surface area contributed by atoms with E-state index in [1.807, 2.05) is 20.8 Å². The summed E-state index contributed by atoms with van der Waals surface area (Å²) in [7, 11) is 0. The van der Waals surface area contributed by atoms with Gasteiger partial charge in [-0.05, 0) is 96.4 Å². The lowest BCUT2D eigenvalue weighted by Crippen LogP contribution is -2.41. The molecule has 4 aromatic heterocycles. The first-order valence-electron chi connectivity index (χ1n) is 18.7. The molecule has 4 aromatic rings. The number of rotatable bonds is 5. The molecule has 302 valence electrons. The number of ether oxygens (including phenoxy) is 1. The van der Waals surface area contributed by atoms with E-state index in [1.54, 1.807) is 40.3 Å². The number of pyridine rings is 2. The molecular weight excluding hydrogens is 725 g/mol. The predicted octanol–water partition coefficient (Wildman–Crippen LogP) is 4.79. The maximum atomic E-state index is 12.5. The number of carbonyl (C=O) groups is 2. The number of alkyl halides is 3. The van der Waals surface area contributed by atoms with Crippen LogP contribution in [0.3, 0.4) is 0 Å².